The molecule has 134 valence electrons. The van der Waals surface area contributed by atoms with Crippen molar-refractivity contribution in [2.24, 2.45) is 0 Å². The predicted octanol–water partition coefficient (Wildman–Crippen LogP) is 1.38. The molecular formula is C18H20N6O2. The summed E-state index contributed by atoms with van der Waals surface area (Å²) in [5, 5.41) is 6.93. The summed E-state index contributed by atoms with van der Waals surface area (Å²) in [4.78, 5) is 35.5. The Morgan fingerprint density at radius 3 is 2.54 bits per heavy atom. The highest BCUT2D eigenvalue weighted by atomic mass is 16.2. The lowest BCUT2D eigenvalue weighted by Gasteiger charge is -2.07. The number of hydrogen-bond acceptors (Lipinski definition) is 5. The Hall–Kier alpha value is -3.29. The van der Waals surface area contributed by atoms with Crippen LogP contribution < -0.4 is 10.9 Å². The summed E-state index contributed by atoms with van der Waals surface area (Å²) in [5.74, 6) is 1.42. The van der Waals surface area contributed by atoms with E-state index in [1.165, 1.54) is 6.20 Å². The monoisotopic (exact) mass is 352 g/mol. The van der Waals surface area contributed by atoms with Crippen molar-refractivity contribution in [3.05, 3.63) is 63.6 Å². The van der Waals surface area contributed by atoms with Gasteiger partial charge < -0.3 is 10.3 Å². The first-order chi connectivity index (χ1) is 12.4. The summed E-state index contributed by atoms with van der Waals surface area (Å²) >= 11 is 0. The van der Waals surface area contributed by atoms with Crippen molar-refractivity contribution in [1.29, 1.82) is 0 Å². The predicted molar refractivity (Wildman–Crippen MR) is 96.9 cm³/mol. The van der Waals surface area contributed by atoms with Gasteiger partial charge in [0.2, 0.25) is 0 Å². The maximum atomic E-state index is 12.2. The quantitative estimate of drug-likeness (QED) is 0.722. The highest BCUT2D eigenvalue weighted by Crippen LogP contribution is 2.13. The number of rotatable bonds is 5. The number of aromatic nitrogens is 5. The third-order valence-electron chi connectivity index (χ3n) is 3.94. The highest BCUT2D eigenvalue weighted by molar-refractivity contribution is 5.93. The van der Waals surface area contributed by atoms with E-state index in [9.17, 15) is 9.59 Å². The van der Waals surface area contributed by atoms with Crippen LogP contribution in [0.1, 0.15) is 27.6 Å². The molecular weight excluding hydrogens is 332 g/mol. The molecule has 8 nitrogen and oxygen atoms in total. The number of nitrogens with one attached hydrogen (secondary N) is 2. The lowest BCUT2D eigenvalue weighted by Crippen LogP contribution is -2.32. The smallest absolute Gasteiger partial charge is 0.264 e. The number of carbonyl (C=O) groups is 1. The first-order valence-electron chi connectivity index (χ1n) is 8.26. The average Bonchev–Trinajstić information content (AvgIpc) is 2.92. The highest BCUT2D eigenvalue weighted by Gasteiger charge is 2.12. The molecule has 2 heterocycles. The minimum absolute atomic E-state index is 0.0210. The van der Waals surface area contributed by atoms with Crippen LogP contribution in [0.5, 0.6) is 0 Å². The van der Waals surface area contributed by atoms with Crippen molar-refractivity contribution < 1.29 is 4.79 Å². The number of carbonyl (C=O) groups excluding carboxylic acids is 1. The van der Waals surface area contributed by atoms with Crippen LogP contribution >= 0.6 is 0 Å². The van der Waals surface area contributed by atoms with Crippen LogP contribution in [0.4, 0.5) is 0 Å². The maximum absolute atomic E-state index is 12.2. The van der Waals surface area contributed by atoms with E-state index in [1.54, 1.807) is 4.68 Å². The summed E-state index contributed by atoms with van der Waals surface area (Å²) in [6.07, 6.45) is 1.30. The zero-order valence-electron chi connectivity index (χ0n) is 14.9. The fourth-order valence-corrected chi connectivity index (χ4v) is 2.56. The van der Waals surface area contributed by atoms with Gasteiger partial charge in [-0.1, -0.05) is 29.8 Å². The van der Waals surface area contributed by atoms with Crippen LogP contribution in [-0.2, 0) is 6.54 Å². The summed E-state index contributed by atoms with van der Waals surface area (Å²) in [6.45, 7) is 6.45. The number of aryl methyl sites for hydroxylation is 3. The fourth-order valence-electron chi connectivity index (χ4n) is 2.56. The Labute approximate surface area is 150 Å². The fraction of sp³-hybridized carbons (Fsp3) is 0.278. The Kier molecular flexibility index (Phi) is 4.92. The first kappa shape index (κ1) is 17.5. The van der Waals surface area contributed by atoms with E-state index in [2.05, 4.69) is 25.4 Å². The van der Waals surface area contributed by atoms with E-state index >= 15 is 0 Å². The van der Waals surface area contributed by atoms with E-state index < -0.39 is 11.5 Å². The summed E-state index contributed by atoms with van der Waals surface area (Å²) in [5.41, 5.74) is 1.41. The van der Waals surface area contributed by atoms with Crippen molar-refractivity contribution in [2.45, 2.75) is 27.3 Å². The summed E-state index contributed by atoms with van der Waals surface area (Å²) in [6, 6.07) is 7.61. The molecule has 0 saturated heterocycles. The largest absolute Gasteiger partial charge is 0.350 e. The van der Waals surface area contributed by atoms with Crippen molar-refractivity contribution in [2.75, 3.05) is 6.54 Å². The van der Waals surface area contributed by atoms with Gasteiger partial charge in [-0.25, -0.2) is 14.6 Å². The molecule has 1 aromatic carbocycles. The van der Waals surface area contributed by atoms with Crippen molar-refractivity contribution in [1.82, 2.24) is 30.0 Å². The molecule has 0 spiro atoms. The molecule has 2 aromatic heterocycles. The van der Waals surface area contributed by atoms with Crippen molar-refractivity contribution in [3.8, 4) is 11.4 Å². The standard InChI is InChI=1S/C18H20N6O2/c1-11-4-6-14(7-5-11)16-20-10-15(18(26)22-16)17(25)19-8-9-24-13(3)21-12(2)23-24/h4-7,10H,8-9H2,1-3H3,(H,19,25)(H,20,22,26). The molecule has 0 aliphatic carbocycles. The van der Waals surface area contributed by atoms with Crippen molar-refractivity contribution in [3.63, 3.8) is 0 Å². The van der Waals surface area contributed by atoms with E-state index in [4.69, 9.17) is 0 Å². The second kappa shape index (κ2) is 7.30. The van der Waals surface area contributed by atoms with Crippen LogP contribution in [0.3, 0.4) is 0 Å². The Morgan fingerprint density at radius 1 is 1.19 bits per heavy atom. The topological polar surface area (TPSA) is 106 Å². The second-order valence-electron chi connectivity index (χ2n) is 6.03. The number of amides is 1. The van der Waals surface area contributed by atoms with Crippen molar-refractivity contribution >= 4 is 5.91 Å². The lowest BCUT2D eigenvalue weighted by molar-refractivity contribution is 0.0950. The zero-order valence-corrected chi connectivity index (χ0v) is 14.9. The SMILES string of the molecule is Cc1ccc(-c2ncc(C(=O)NCCn3nc(C)nc3C)c(=O)[nH]2)cc1. The van der Waals surface area contributed by atoms with Crippen LogP contribution in [0, 0.1) is 20.8 Å². The minimum atomic E-state index is -0.471. The van der Waals surface area contributed by atoms with Gasteiger partial charge in [0.05, 0.1) is 6.54 Å². The zero-order chi connectivity index (χ0) is 18.7. The molecule has 0 unspecified atom stereocenters. The van der Waals surface area contributed by atoms with E-state index in [0.717, 1.165) is 17.0 Å². The number of hydrogen-bond donors (Lipinski definition) is 2. The number of aromatic amines is 1. The summed E-state index contributed by atoms with van der Waals surface area (Å²) in [7, 11) is 0. The number of benzene rings is 1. The third-order valence-corrected chi connectivity index (χ3v) is 3.94. The Bertz CT molecular complexity index is 988. The first-order valence-corrected chi connectivity index (χ1v) is 8.26. The third kappa shape index (κ3) is 3.85. The van der Waals surface area contributed by atoms with Gasteiger partial charge in [-0.3, -0.25) is 9.59 Å². The molecule has 3 rings (SSSR count). The van der Waals surface area contributed by atoms with Gasteiger partial charge in [0, 0.05) is 18.3 Å². The maximum Gasteiger partial charge on any atom is 0.264 e. The molecule has 26 heavy (non-hydrogen) atoms. The van der Waals surface area contributed by atoms with Gasteiger partial charge >= 0.3 is 0 Å². The molecule has 0 saturated carbocycles. The molecule has 0 aliphatic rings. The van der Waals surface area contributed by atoms with Gasteiger partial charge in [0.25, 0.3) is 11.5 Å². The molecule has 0 radical (unpaired) electrons. The van der Waals surface area contributed by atoms with E-state index in [0.29, 0.717) is 24.7 Å². The Morgan fingerprint density at radius 2 is 1.92 bits per heavy atom. The number of H-pyrrole nitrogens is 1. The average molecular weight is 352 g/mol. The van der Waals surface area contributed by atoms with Gasteiger partial charge in [-0.2, -0.15) is 5.10 Å². The molecule has 8 heteroatoms. The van der Waals surface area contributed by atoms with Gasteiger partial charge in [0.1, 0.15) is 23.0 Å². The normalized spacial score (nSPS) is 10.7. The van der Waals surface area contributed by atoms with Gasteiger partial charge in [-0.05, 0) is 20.8 Å². The Balaban J connectivity index is 1.67. The van der Waals surface area contributed by atoms with Gasteiger partial charge in [0.15, 0.2) is 0 Å². The van der Waals surface area contributed by atoms with E-state index in [-0.39, 0.29) is 5.56 Å². The molecule has 0 atom stereocenters. The molecule has 0 fully saturated rings. The van der Waals surface area contributed by atoms with Crippen LogP contribution in [-0.4, -0.2) is 37.2 Å². The molecule has 3 aromatic rings. The van der Waals surface area contributed by atoms with E-state index in [1.807, 2.05) is 45.0 Å². The van der Waals surface area contributed by atoms with Gasteiger partial charge in [-0.15, -0.1) is 0 Å². The molecule has 2 N–H and O–H groups in total. The van der Waals surface area contributed by atoms with Crippen LogP contribution in [0.2, 0.25) is 0 Å². The minimum Gasteiger partial charge on any atom is -0.350 e. The van der Waals surface area contributed by atoms with Crippen LogP contribution in [0.15, 0.2) is 35.3 Å². The molecule has 0 bridgehead atoms. The molecule has 1 amide bonds. The lowest BCUT2D eigenvalue weighted by atomic mass is 10.1. The molecule has 0 aliphatic heterocycles. The van der Waals surface area contributed by atoms with Crippen LogP contribution in [0.25, 0.3) is 11.4 Å². The number of nitrogens with zero attached hydrogens (tertiary/aromatic N) is 4. The second-order valence-corrected chi connectivity index (χ2v) is 6.03. The summed E-state index contributed by atoms with van der Waals surface area (Å²) < 4.78 is 1.71.